The van der Waals surface area contributed by atoms with E-state index < -0.39 is 0 Å². The highest BCUT2D eigenvalue weighted by atomic mass is 16.5. The molecule has 0 aromatic heterocycles. The first-order valence-electron chi connectivity index (χ1n) is 4.68. The second kappa shape index (κ2) is 3.04. The molecule has 0 amide bonds. The molecule has 0 atom stereocenters. The van der Waals surface area contributed by atoms with Gasteiger partial charge in [0.2, 0.25) is 0 Å². The van der Waals surface area contributed by atoms with E-state index in [1.807, 2.05) is 18.2 Å². The smallest absolute Gasteiger partial charge is 0.119 e. The van der Waals surface area contributed by atoms with Crippen LogP contribution in [0.25, 0.3) is 0 Å². The molecule has 70 valence electrons. The molecule has 2 N–H and O–H groups in total. The fraction of sp³-hybridized carbons (Fsp3) is 0.455. The summed E-state index contributed by atoms with van der Waals surface area (Å²) in [5.74, 6) is 0.897. The van der Waals surface area contributed by atoms with Crippen LogP contribution in [0.5, 0.6) is 5.75 Å². The minimum Gasteiger partial charge on any atom is -0.497 e. The Bertz CT molecular complexity index is 305. The van der Waals surface area contributed by atoms with Gasteiger partial charge in [0.25, 0.3) is 0 Å². The topological polar surface area (TPSA) is 35.2 Å². The third-order valence-corrected chi connectivity index (χ3v) is 2.89. The molecule has 2 heteroatoms. The zero-order valence-corrected chi connectivity index (χ0v) is 7.92. The number of hydrogen-bond donors (Lipinski definition) is 1. The standard InChI is InChI=1S/C11H15NO/c1-13-10-5-2-4-9(8-10)11(12)6-3-7-11/h2,4-5,8H,3,6-7,12H2,1H3. The number of hydrogen-bond acceptors (Lipinski definition) is 2. The predicted molar refractivity (Wildman–Crippen MR) is 52.7 cm³/mol. The van der Waals surface area contributed by atoms with Gasteiger partial charge < -0.3 is 10.5 Å². The molecule has 1 aliphatic rings. The van der Waals surface area contributed by atoms with Crippen LogP contribution in [-0.4, -0.2) is 7.11 Å². The Kier molecular flexibility index (Phi) is 2.00. The first-order valence-corrected chi connectivity index (χ1v) is 4.68. The van der Waals surface area contributed by atoms with Crippen molar-refractivity contribution in [1.82, 2.24) is 0 Å². The maximum absolute atomic E-state index is 6.19. The van der Waals surface area contributed by atoms with E-state index in [0.29, 0.717) is 0 Å². The predicted octanol–water partition coefficient (Wildman–Crippen LogP) is 2.03. The van der Waals surface area contributed by atoms with E-state index >= 15 is 0 Å². The van der Waals surface area contributed by atoms with E-state index in [1.54, 1.807) is 7.11 Å². The SMILES string of the molecule is COc1cccc(C2(N)CCC2)c1. The molecule has 13 heavy (non-hydrogen) atoms. The first kappa shape index (κ1) is 8.57. The zero-order valence-electron chi connectivity index (χ0n) is 7.92. The molecule has 1 aromatic carbocycles. The number of ether oxygens (including phenoxy) is 1. The van der Waals surface area contributed by atoms with Crippen LogP contribution in [0.2, 0.25) is 0 Å². The van der Waals surface area contributed by atoms with Gasteiger partial charge >= 0.3 is 0 Å². The molecule has 0 unspecified atom stereocenters. The number of benzene rings is 1. The van der Waals surface area contributed by atoms with Crippen LogP contribution < -0.4 is 10.5 Å². The fourth-order valence-electron chi connectivity index (χ4n) is 1.78. The average molecular weight is 177 g/mol. The van der Waals surface area contributed by atoms with Crippen LogP contribution in [-0.2, 0) is 5.54 Å². The van der Waals surface area contributed by atoms with Crippen molar-refractivity contribution in [2.75, 3.05) is 7.11 Å². The van der Waals surface area contributed by atoms with Crippen molar-refractivity contribution in [1.29, 1.82) is 0 Å². The van der Waals surface area contributed by atoms with Gasteiger partial charge in [0.05, 0.1) is 7.11 Å². The van der Waals surface area contributed by atoms with E-state index in [9.17, 15) is 0 Å². The molecule has 0 saturated heterocycles. The summed E-state index contributed by atoms with van der Waals surface area (Å²) in [5.41, 5.74) is 7.32. The van der Waals surface area contributed by atoms with Gasteiger partial charge in [-0.05, 0) is 37.0 Å². The summed E-state index contributed by atoms with van der Waals surface area (Å²) in [6.45, 7) is 0. The lowest BCUT2D eigenvalue weighted by Gasteiger charge is -2.38. The Morgan fingerprint density at radius 2 is 2.15 bits per heavy atom. The van der Waals surface area contributed by atoms with Crippen LogP contribution >= 0.6 is 0 Å². The Morgan fingerprint density at radius 3 is 2.69 bits per heavy atom. The normalized spacial score (nSPS) is 19.2. The Balaban J connectivity index is 2.29. The quantitative estimate of drug-likeness (QED) is 0.750. The minimum atomic E-state index is -0.0749. The lowest BCUT2D eigenvalue weighted by Crippen LogP contribution is -2.43. The van der Waals surface area contributed by atoms with E-state index in [1.165, 1.54) is 12.0 Å². The number of methoxy groups -OCH3 is 1. The molecule has 2 rings (SSSR count). The van der Waals surface area contributed by atoms with Crippen molar-refractivity contribution in [3.63, 3.8) is 0 Å². The summed E-state index contributed by atoms with van der Waals surface area (Å²) in [7, 11) is 1.68. The second-order valence-electron chi connectivity index (χ2n) is 3.74. The lowest BCUT2D eigenvalue weighted by atomic mass is 9.73. The highest BCUT2D eigenvalue weighted by Crippen LogP contribution is 2.39. The van der Waals surface area contributed by atoms with E-state index in [0.717, 1.165) is 18.6 Å². The third kappa shape index (κ3) is 1.42. The molecular formula is C11H15NO. The van der Waals surface area contributed by atoms with Gasteiger partial charge in [-0.15, -0.1) is 0 Å². The van der Waals surface area contributed by atoms with Crippen LogP contribution in [0.1, 0.15) is 24.8 Å². The Hall–Kier alpha value is -1.02. The average Bonchev–Trinajstić information content (AvgIpc) is 2.14. The van der Waals surface area contributed by atoms with E-state index in [-0.39, 0.29) is 5.54 Å². The molecule has 0 bridgehead atoms. The lowest BCUT2D eigenvalue weighted by molar-refractivity contribution is 0.252. The monoisotopic (exact) mass is 177 g/mol. The fourth-order valence-corrected chi connectivity index (χ4v) is 1.78. The van der Waals surface area contributed by atoms with Crippen molar-refractivity contribution in [3.05, 3.63) is 29.8 Å². The molecule has 1 fully saturated rings. The first-order chi connectivity index (χ1) is 6.24. The van der Waals surface area contributed by atoms with Gasteiger partial charge in [-0.2, -0.15) is 0 Å². The highest BCUT2D eigenvalue weighted by molar-refractivity contribution is 5.34. The summed E-state index contributed by atoms with van der Waals surface area (Å²) in [5, 5.41) is 0. The van der Waals surface area contributed by atoms with Gasteiger partial charge in [-0.25, -0.2) is 0 Å². The molecule has 2 nitrogen and oxygen atoms in total. The summed E-state index contributed by atoms with van der Waals surface area (Å²) in [4.78, 5) is 0. The Labute approximate surface area is 78.7 Å². The third-order valence-electron chi connectivity index (χ3n) is 2.89. The summed E-state index contributed by atoms with van der Waals surface area (Å²) >= 11 is 0. The zero-order chi connectivity index (χ0) is 9.31. The molecule has 1 aromatic rings. The number of rotatable bonds is 2. The highest BCUT2D eigenvalue weighted by Gasteiger charge is 2.34. The molecule has 0 heterocycles. The van der Waals surface area contributed by atoms with E-state index in [2.05, 4.69) is 6.07 Å². The number of nitrogens with two attached hydrogens (primary N) is 1. The van der Waals surface area contributed by atoms with Gasteiger partial charge in [-0.3, -0.25) is 0 Å². The summed E-state index contributed by atoms with van der Waals surface area (Å²) < 4.78 is 5.16. The van der Waals surface area contributed by atoms with Crippen LogP contribution in [0.15, 0.2) is 24.3 Å². The van der Waals surface area contributed by atoms with Gasteiger partial charge in [0.15, 0.2) is 0 Å². The van der Waals surface area contributed by atoms with Crippen LogP contribution in [0, 0.1) is 0 Å². The van der Waals surface area contributed by atoms with Gasteiger partial charge in [0.1, 0.15) is 5.75 Å². The van der Waals surface area contributed by atoms with Gasteiger partial charge in [0, 0.05) is 5.54 Å². The second-order valence-corrected chi connectivity index (χ2v) is 3.74. The summed E-state index contributed by atoms with van der Waals surface area (Å²) in [6, 6.07) is 8.08. The van der Waals surface area contributed by atoms with Crippen LogP contribution in [0.4, 0.5) is 0 Å². The minimum absolute atomic E-state index is 0.0749. The van der Waals surface area contributed by atoms with Crippen molar-refractivity contribution >= 4 is 0 Å². The van der Waals surface area contributed by atoms with Crippen LogP contribution in [0.3, 0.4) is 0 Å². The maximum Gasteiger partial charge on any atom is 0.119 e. The van der Waals surface area contributed by atoms with Crippen molar-refractivity contribution in [2.24, 2.45) is 5.73 Å². The molecular weight excluding hydrogens is 162 g/mol. The summed E-state index contributed by atoms with van der Waals surface area (Å²) in [6.07, 6.45) is 3.44. The maximum atomic E-state index is 6.19. The molecule has 1 saturated carbocycles. The molecule has 1 aliphatic carbocycles. The van der Waals surface area contributed by atoms with Crippen molar-refractivity contribution in [2.45, 2.75) is 24.8 Å². The molecule has 0 aliphatic heterocycles. The van der Waals surface area contributed by atoms with E-state index in [4.69, 9.17) is 10.5 Å². The van der Waals surface area contributed by atoms with Gasteiger partial charge in [-0.1, -0.05) is 12.1 Å². The molecule has 0 spiro atoms. The van der Waals surface area contributed by atoms with Crippen molar-refractivity contribution in [3.8, 4) is 5.75 Å². The largest absolute Gasteiger partial charge is 0.497 e. The van der Waals surface area contributed by atoms with Crippen molar-refractivity contribution < 1.29 is 4.74 Å². The molecule has 0 radical (unpaired) electrons. The Morgan fingerprint density at radius 1 is 1.38 bits per heavy atom.